The van der Waals surface area contributed by atoms with Crippen molar-refractivity contribution < 1.29 is 33.6 Å². The number of aromatic nitrogens is 3. The number of rotatable bonds is 4. The number of benzene rings is 1. The number of carbonyl (C=O) groups excluding carboxylic acids is 2. The summed E-state index contributed by atoms with van der Waals surface area (Å²) in [4.78, 5) is 28.6. The van der Waals surface area contributed by atoms with Gasteiger partial charge >= 0.3 is 18.9 Å². The first-order valence-electron chi connectivity index (χ1n) is 7.25. The van der Waals surface area contributed by atoms with E-state index in [0.29, 0.717) is 11.4 Å². The Labute approximate surface area is 149 Å². The summed E-state index contributed by atoms with van der Waals surface area (Å²) in [6.45, 7) is 0.251. The summed E-state index contributed by atoms with van der Waals surface area (Å²) in [6.07, 6.45) is 1.73. The molecular formula is C16H13LiN4O3. The minimum atomic E-state index is -1.28. The molecule has 3 heterocycles. The molecule has 1 aliphatic rings. The van der Waals surface area contributed by atoms with Gasteiger partial charge < -0.3 is 19.8 Å². The normalized spacial score (nSPS) is 14.5. The third-order valence-corrected chi connectivity index (χ3v) is 4.23. The van der Waals surface area contributed by atoms with Gasteiger partial charge in [-0.2, -0.15) is 5.10 Å². The number of fused-ring (bicyclic) bond motifs is 3. The van der Waals surface area contributed by atoms with Gasteiger partial charge in [0, 0.05) is 35.6 Å². The first-order chi connectivity index (χ1) is 11.1. The molecule has 8 heteroatoms. The molecule has 0 saturated heterocycles. The van der Waals surface area contributed by atoms with Crippen molar-refractivity contribution in [3.8, 4) is 0 Å². The van der Waals surface area contributed by atoms with E-state index in [-0.39, 0.29) is 37.7 Å². The van der Waals surface area contributed by atoms with Crippen LogP contribution in [-0.2, 0) is 17.8 Å². The maximum absolute atomic E-state index is 12.6. The Kier molecular flexibility index (Phi) is 4.22. The Morgan fingerprint density at radius 1 is 1.33 bits per heavy atom. The van der Waals surface area contributed by atoms with E-state index in [9.17, 15) is 14.7 Å². The van der Waals surface area contributed by atoms with E-state index in [1.54, 1.807) is 12.3 Å². The molecule has 7 nitrogen and oxygen atoms in total. The summed E-state index contributed by atoms with van der Waals surface area (Å²) < 4.78 is 0. The van der Waals surface area contributed by atoms with Crippen LogP contribution in [0.25, 0.3) is 10.9 Å². The number of nitrogens with one attached hydrogen (secondary N) is 2. The summed E-state index contributed by atoms with van der Waals surface area (Å²) in [7, 11) is 0. The fourth-order valence-corrected chi connectivity index (χ4v) is 3.11. The van der Waals surface area contributed by atoms with Gasteiger partial charge in [0.15, 0.2) is 0 Å². The molecule has 3 aromatic rings. The Hall–Kier alpha value is -2.49. The second kappa shape index (κ2) is 6.19. The van der Waals surface area contributed by atoms with E-state index in [2.05, 4.69) is 15.2 Å². The van der Waals surface area contributed by atoms with Crippen molar-refractivity contribution in [2.24, 2.45) is 0 Å². The van der Waals surface area contributed by atoms with Crippen LogP contribution in [-0.4, -0.2) is 38.0 Å². The number of hydrogen-bond donors (Lipinski definition) is 2. The number of aliphatic carboxylic acids is 1. The molecular weight excluding hydrogens is 303 g/mol. The fraction of sp³-hybridized carbons (Fsp3) is 0.188. The maximum atomic E-state index is 12.6. The predicted molar refractivity (Wildman–Crippen MR) is 79.3 cm³/mol. The molecule has 1 aliphatic heterocycles. The zero-order valence-corrected chi connectivity index (χ0v) is 13.1. The Morgan fingerprint density at radius 3 is 2.83 bits per heavy atom. The van der Waals surface area contributed by atoms with Crippen molar-refractivity contribution in [1.29, 1.82) is 0 Å². The van der Waals surface area contributed by atoms with Crippen molar-refractivity contribution in [2.45, 2.75) is 19.0 Å². The molecule has 1 aromatic carbocycles. The third kappa shape index (κ3) is 2.52. The number of H-pyrrole nitrogens is 2. The molecule has 0 saturated carbocycles. The molecule has 0 aliphatic carbocycles. The Morgan fingerprint density at radius 2 is 2.12 bits per heavy atom. The van der Waals surface area contributed by atoms with E-state index in [1.807, 2.05) is 24.3 Å². The molecule has 0 bridgehead atoms. The zero-order valence-electron chi connectivity index (χ0n) is 13.1. The van der Waals surface area contributed by atoms with Crippen LogP contribution in [0.15, 0.2) is 36.5 Å². The van der Waals surface area contributed by atoms with E-state index in [1.165, 1.54) is 4.90 Å². The SMILES string of the molecule is O=C([O-])[C@H](Cc1cc[nH]n1)N1Cc2c([nH]c3ccccc23)C1=O.[Li+]. The number of hydrogen-bond acceptors (Lipinski definition) is 4. The van der Waals surface area contributed by atoms with Crippen LogP contribution in [0.3, 0.4) is 0 Å². The van der Waals surface area contributed by atoms with Crippen LogP contribution >= 0.6 is 0 Å². The monoisotopic (exact) mass is 316 g/mol. The van der Waals surface area contributed by atoms with Gasteiger partial charge in [0.1, 0.15) is 5.69 Å². The minimum absolute atomic E-state index is 0. The molecule has 1 atom stereocenters. The number of amides is 1. The molecule has 0 fully saturated rings. The molecule has 116 valence electrons. The van der Waals surface area contributed by atoms with Crippen molar-refractivity contribution in [3.05, 3.63) is 53.5 Å². The van der Waals surface area contributed by atoms with E-state index >= 15 is 0 Å². The summed E-state index contributed by atoms with van der Waals surface area (Å²) in [5.41, 5.74) is 2.74. The summed E-state index contributed by atoms with van der Waals surface area (Å²) in [6, 6.07) is 8.23. The van der Waals surface area contributed by atoms with Gasteiger partial charge in [-0.05, 0) is 12.1 Å². The summed E-state index contributed by atoms with van der Waals surface area (Å²) in [5.74, 6) is -1.60. The van der Waals surface area contributed by atoms with Gasteiger partial charge in [-0.1, -0.05) is 18.2 Å². The number of aromatic amines is 2. The van der Waals surface area contributed by atoms with Crippen LogP contribution in [0.1, 0.15) is 21.7 Å². The number of carboxylic acids is 1. The molecule has 24 heavy (non-hydrogen) atoms. The second-order valence-electron chi connectivity index (χ2n) is 5.56. The zero-order chi connectivity index (χ0) is 16.0. The number of carboxylic acid groups (broad SMARTS) is 1. The Bertz CT molecular complexity index is 903. The van der Waals surface area contributed by atoms with Crippen LogP contribution in [0, 0.1) is 0 Å². The smallest absolute Gasteiger partial charge is 0.548 e. The van der Waals surface area contributed by atoms with E-state index in [0.717, 1.165) is 16.5 Å². The molecule has 0 radical (unpaired) electrons. The molecule has 0 unspecified atom stereocenters. The standard InChI is InChI=1S/C16H14N4O3.Li/c21-15-14-11(10-3-1-2-4-12(10)18-14)8-20(15)13(16(22)23)7-9-5-6-17-19-9;/h1-6,13,18H,7-8H2,(H,17,19)(H,22,23);/q;+1/p-1/t13-;/m0./s1. The summed E-state index contributed by atoms with van der Waals surface area (Å²) >= 11 is 0. The van der Waals surface area contributed by atoms with Gasteiger partial charge in [0.2, 0.25) is 0 Å². The molecule has 2 N–H and O–H groups in total. The van der Waals surface area contributed by atoms with Crippen molar-refractivity contribution in [2.75, 3.05) is 0 Å². The summed E-state index contributed by atoms with van der Waals surface area (Å²) in [5, 5.41) is 19.1. The quantitative estimate of drug-likeness (QED) is 0.508. The van der Waals surface area contributed by atoms with Crippen LogP contribution in [0.4, 0.5) is 0 Å². The molecule has 1 amide bonds. The average Bonchev–Trinajstić information content (AvgIpc) is 3.23. The number of carbonyl (C=O) groups is 2. The van der Waals surface area contributed by atoms with Crippen molar-refractivity contribution >= 4 is 22.8 Å². The largest absolute Gasteiger partial charge is 1.00 e. The first-order valence-corrected chi connectivity index (χ1v) is 7.25. The van der Waals surface area contributed by atoms with E-state index in [4.69, 9.17) is 0 Å². The predicted octanol–water partition coefficient (Wildman–Crippen LogP) is -2.79. The maximum Gasteiger partial charge on any atom is 1.00 e. The van der Waals surface area contributed by atoms with Gasteiger partial charge in [-0.25, -0.2) is 0 Å². The molecule has 4 rings (SSSR count). The third-order valence-electron chi connectivity index (χ3n) is 4.23. The topological polar surface area (TPSA) is 105 Å². The second-order valence-corrected chi connectivity index (χ2v) is 5.56. The average molecular weight is 316 g/mol. The molecule has 2 aromatic heterocycles. The van der Waals surface area contributed by atoms with Gasteiger partial charge in [-0.15, -0.1) is 0 Å². The van der Waals surface area contributed by atoms with Gasteiger partial charge in [0.05, 0.1) is 17.7 Å². The van der Waals surface area contributed by atoms with Gasteiger partial charge in [0.25, 0.3) is 5.91 Å². The van der Waals surface area contributed by atoms with Crippen molar-refractivity contribution in [1.82, 2.24) is 20.1 Å². The van der Waals surface area contributed by atoms with Crippen LogP contribution < -0.4 is 24.0 Å². The number of para-hydroxylation sites is 1. The fourth-order valence-electron chi connectivity index (χ4n) is 3.11. The Balaban J connectivity index is 0.00000169. The first kappa shape index (κ1) is 16.4. The minimum Gasteiger partial charge on any atom is -0.548 e. The molecule has 0 spiro atoms. The number of nitrogens with zero attached hydrogens (tertiary/aromatic N) is 2. The van der Waals surface area contributed by atoms with E-state index < -0.39 is 12.0 Å². The van der Waals surface area contributed by atoms with Gasteiger partial charge in [-0.3, -0.25) is 9.89 Å². The van der Waals surface area contributed by atoms with Crippen LogP contribution in [0.5, 0.6) is 0 Å². The van der Waals surface area contributed by atoms with Crippen molar-refractivity contribution in [3.63, 3.8) is 0 Å². The van der Waals surface area contributed by atoms with Crippen LogP contribution in [0.2, 0.25) is 0 Å².